The Morgan fingerprint density at radius 2 is 2.04 bits per heavy atom. The summed E-state index contributed by atoms with van der Waals surface area (Å²) in [5.74, 6) is 0.849. The topological polar surface area (TPSA) is 98.1 Å². The summed E-state index contributed by atoms with van der Waals surface area (Å²) in [6.45, 7) is 6.70. The van der Waals surface area contributed by atoms with E-state index in [0.717, 1.165) is 0 Å². The molecule has 1 aliphatic heterocycles. The van der Waals surface area contributed by atoms with Crippen LogP contribution in [0.3, 0.4) is 0 Å². The molecule has 28 heavy (non-hydrogen) atoms. The number of anilines is 1. The first-order valence-electron chi connectivity index (χ1n) is 9.05. The van der Waals surface area contributed by atoms with Crippen molar-refractivity contribution in [2.24, 2.45) is 11.8 Å². The van der Waals surface area contributed by atoms with E-state index >= 15 is 0 Å². The highest BCUT2D eigenvalue weighted by molar-refractivity contribution is 6.30. The van der Waals surface area contributed by atoms with Crippen molar-refractivity contribution in [2.75, 3.05) is 25.2 Å². The van der Waals surface area contributed by atoms with Crippen molar-refractivity contribution in [3.05, 3.63) is 23.0 Å². The first-order valence-corrected chi connectivity index (χ1v) is 9.43. The van der Waals surface area contributed by atoms with Gasteiger partial charge in [-0.1, -0.05) is 11.6 Å². The smallest absolute Gasteiger partial charge is 0.415 e. The number of rotatable bonds is 3. The molecule has 2 aromatic heterocycles. The highest BCUT2D eigenvalue weighted by Gasteiger charge is 2.54. The van der Waals surface area contributed by atoms with Gasteiger partial charge in [-0.3, -0.25) is 9.69 Å². The largest absolute Gasteiger partial charge is 0.443 e. The number of carbonyl (C=O) groups excluding carboxylic acids is 2. The van der Waals surface area contributed by atoms with Crippen LogP contribution in [0.1, 0.15) is 31.1 Å². The van der Waals surface area contributed by atoms with Crippen molar-refractivity contribution in [2.45, 2.75) is 32.4 Å². The van der Waals surface area contributed by atoms with Crippen LogP contribution in [0.25, 0.3) is 5.65 Å². The van der Waals surface area contributed by atoms with Crippen molar-refractivity contribution < 1.29 is 19.1 Å². The lowest BCUT2D eigenvalue weighted by molar-refractivity contribution is 0.0587. The summed E-state index contributed by atoms with van der Waals surface area (Å²) in [7, 11) is 1.55. The molecule has 9 nitrogen and oxygen atoms in total. The van der Waals surface area contributed by atoms with Crippen molar-refractivity contribution >= 4 is 35.1 Å². The van der Waals surface area contributed by atoms with E-state index in [1.165, 1.54) is 21.7 Å². The van der Waals surface area contributed by atoms with Crippen LogP contribution in [0, 0.1) is 11.8 Å². The normalized spacial score (nSPS) is 23.4. The van der Waals surface area contributed by atoms with E-state index < -0.39 is 11.7 Å². The standard InChI is InChI=1S/C18H22ClN5O4/c1-18(2,3)28-17(26)23(4)13-5-12(19)21-15-9(6-20-24(13)15)16(25)22-14-10-7-27-8-11(10)14/h5-6,10-11,14H,7-8H2,1-4H3,(H,22,25)/t10-,11+,14+. The molecule has 2 aliphatic rings. The van der Waals surface area contributed by atoms with E-state index in [4.69, 9.17) is 21.1 Å². The minimum Gasteiger partial charge on any atom is -0.443 e. The third-order valence-corrected chi connectivity index (χ3v) is 5.12. The molecule has 0 bridgehead atoms. The van der Waals surface area contributed by atoms with E-state index in [9.17, 15) is 9.59 Å². The highest BCUT2D eigenvalue weighted by atomic mass is 35.5. The first kappa shape index (κ1) is 18.9. The highest BCUT2D eigenvalue weighted by Crippen LogP contribution is 2.44. The summed E-state index contributed by atoms with van der Waals surface area (Å²) in [5, 5.41) is 7.40. The quantitative estimate of drug-likeness (QED) is 0.782. The van der Waals surface area contributed by atoms with Crippen molar-refractivity contribution in [3.8, 4) is 0 Å². The Morgan fingerprint density at radius 3 is 2.68 bits per heavy atom. The zero-order valence-electron chi connectivity index (χ0n) is 16.1. The molecule has 0 aromatic carbocycles. The molecule has 1 N–H and O–H groups in total. The minimum absolute atomic E-state index is 0.124. The molecule has 4 rings (SSSR count). The number of hydrogen-bond acceptors (Lipinski definition) is 6. The van der Waals surface area contributed by atoms with Gasteiger partial charge in [0.2, 0.25) is 0 Å². The van der Waals surface area contributed by atoms with Crippen LogP contribution in [0.5, 0.6) is 0 Å². The Balaban J connectivity index is 1.61. The molecule has 0 unspecified atom stereocenters. The second-order valence-electron chi connectivity index (χ2n) is 8.13. The fourth-order valence-corrected chi connectivity index (χ4v) is 3.60. The monoisotopic (exact) mass is 407 g/mol. The molecule has 0 spiro atoms. The van der Waals surface area contributed by atoms with Gasteiger partial charge in [0, 0.05) is 31.0 Å². The second kappa shape index (κ2) is 6.59. The Bertz CT molecular complexity index is 943. The van der Waals surface area contributed by atoms with Gasteiger partial charge >= 0.3 is 6.09 Å². The first-order chi connectivity index (χ1) is 13.2. The van der Waals surface area contributed by atoms with Crippen LogP contribution in [-0.4, -0.2) is 58.5 Å². The summed E-state index contributed by atoms with van der Waals surface area (Å²) in [6.07, 6.45) is 0.859. The summed E-state index contributed by atoms with van der Waals surface area (Å²) in [4.78, 5) is 30.7. The number of halogens is 1. The molecule has 150 valence electrons. The minimum atomic E-state index is -0.650. The number of amides is 2. The summed E-state index contributed by atoms with van der Waals surface area (Å²) < 4.78 is 12.1. The maximum absolute atomic E-state index is 12.7. The van der Waals surface area contributed by atoms with Crippen molar-refractivity contribution in [1.29, 1.82) is 0 Å². The number of nitrogens with zero attached hydrogens (tertiary/aromatic N) is 4. The molecule has 3 atom stereocenters. The van der Waals surface area contributed by atoms with Gasteiger partial charge in [0.05, 0.1) is 19.4 Å². The summed E-state index contributed by atoms with van der Waals surface area (Å²) in [5.41, 5.74) is -0.0765. The number of carbonyl (C=O) groups is 2. The van der Waals surface area contributed by atoms with Crippen molar-refractivity contribution in [1.82, 2.24) is 19.9 Å². The fraction of sp³-hybridized carbons (Fsp3) is 0.556. The number of hydrogen-bond donors (Lipinski definition) is 1. The van der Waals surface area contributed by atoms with Crippen LogP contribution >= 0.6 is 11.6 Å². The molecule has 1 aliphatic carbocycles. The Morgan fingerprint density at radius 1 is 1.36 bits per heavy atom. The molecular weight excluding hydrogens is 386 g/mol. The van der Waals surface area contributed by atoms with E-state index in [-0.39, 0.29) is 22.7 Å². The molecular formula is C18H22ClN5O4. The van der Waals surface area contributed by atoms with Gasteiger partial charge in [-0.05, 0) is 20.8 Å². The van der Waals surface area contributed by atoms with Gasteiger partial charge in [0.1, 0.15) is 22.1 Å². The number of aromatic nitrogens is 3. The van der Waals surface area contributed by atoms with Gasteiger partial charge in [0.25, 0.3) is 5.91 Å². The number of fused-ring (bicyclic) bond motifs is 2. The van der Waals surface area contributed by atoms with Crippen LogP contribution in [0.4, 0.5) is 10.6 Å². The lowest BCUT2D eigenvalue weighted by Gasteiger charge is -2.24. The SMILES string of the molecule is CN(C(=O)OC(C)(C)C)c1cc(Cl)nc2c(C(=O)N[C@H]3[C@@H]4COC[C@@H]43)cnn12. The Labute approximate surface area is 166 Å². The van der Waals surface area contributed by atoms with Crippen molar-refractivity contribution in [3.63, 3.8) is 0 Å². The van der Waals surface area contributed by atoms with Gasteiger partial charge in [-0.2, -0.15) is 9.61 Å². The maximum atomic E-state index is 12.7. The molecule has 2 amide bonds. The third kappa shape index (κ3) is 3.40. The van der Waals surface area contributed by atoms with Crippen LogP contribution in [0.15, 0.2) is 12.3 Å². The van der Waals surface area contributed by atoms with Gasteiger partial charge in [0.15, 0.2) is 5.65 Å². The average Bonchev–Trinajstić information content (AvgIpc) is 2.99. The number of ether oxygens (including phenoxy) is 2. The van der Waals surface area contributed by atoms with E-state index in [1.54, 1.807) is 27.8 Å². The molecule has 1 saturated carbocycles. The molecule has 0 radical (unpaired) electrons. The third-order valence-electron chi connectivity index (χ3n) is 4.93. The number of nitrogens with one attached hydrogen (secondary N) is 1. The molecule has 2 aromatic rings. The van der Waals surface area contributed by atoms with Gasteiger partial charge in [-0.15, -0.1) is 0 Å². The van der Waals surface area contributed by atoms with E-state index in [2.05, 4.69) is 15.4 Å². The molecule has 10 heteroatoms. The predicted octanol–water partition coefficient (Wildman–Crippen LogP) is 2.13. The summed E-state index contributed by atoms with van der Waals surface area (Å²) >= 11 is 6.16. The van der Waals surface area contributed by atoms with Crippen LogP contribution < -0.4 is 10.2 Å². The molecule has 1 saturated heterocycles. The molecule has 2 fully saturated rings. The average molecular weight is 408 g/mol. The van der Waals surface area contributed by atoms with Gasteiger partial charge < -0.3 is 14.8 Å². The summed E-state index contributed by atoms with van der Waals surface area (Å²) in [6, 6.07) is 1.62. The second-order valence-corrected chi connectivity index (χ2v) is 8.52. The van der Waals surface area contributed by atoms with Gasteiger partial charge in [-0.25, -0.2) is 9.78 Å². The Hall–Kier alpha value is -2.39. The molecule has 3 heterocycles. The lowest BCUT2D eigenvalue weighted by atomic mass is 10.2. The van der Waals surface area contributed by atoms with E-state index in [0.29, 0.717) is 36.4 Å². The lowest BCUT2D eigenvalue weighted by Crippen LogP contribution is -2.35. The fourth-order valence-electron chi connectivity index (χ4n) is 3.42. The zero-order chi connectivity index (χ0) is 20.2. The van der Waals surface area contributed by atoms with E-state index in [1.807, 2.05) is 0 Å². The predicted molar refractivity (Wildman–Crippen MR) is 102 cm³/mol. The Kier molecular flexibility index (Phi) is 4.46. The van der Waals surface area contributed by atoms with Crippen LogP contribution in [0.2, 0.25) is 5.15 Å². The zero-order valence-corrected chi connectivity index (χ0v) is 16.9. The maximum Gasteiger partial charge on any atom is 0.415 e. The van der Waals surface area contributed by atoms with Crippen LogP contribution in [-0.2, 0) is 9.47 Å².